The van der Waals surface area contributed by atoms with Gasteiger partial charge in [0.25, 0.3) is 0 Å². The molecule has 98 valence electrons. The van der Waals surface area contributed by atoms with Gasteiger partial charge >= 0.3 is 0 Å². The van der Waals surface area contributed by atoms with E-state index in [2.05, 4.69) is 41.9 Å². The van der Waals surface area contributed by atoms with Gasteiger partial charge in [-0.25, -0.2) is 4.98 Å². The van der Waals surface area contributed by atoms with Gasteiger partial charge in [-0.1, -0.05) is 19.4 Å². The Morgan fingerprint density at radius 1 is 1.33 bits per heavy atom. The van der Waals surface area contributed by atoms with Crippen molar-refractivity contribution < 1.29 is 0 Å². The van der Waals surface area contributed by atoms with Crippen molar-refractivity contribution >= 4 is 11.0 Å². The molecule has 3 heteroatoms. The van der Waals surface area contributed by atoms with E-state index in [1.807, 2.05) is 7.05 Å². The fourth-order valence-electron chi connectivity index (χ4n) is 2.29. The monoisotopic (exact) mass is 245 g/mol. The minimum absolute atomic E-state index is 0.985. The number of hydrogen-bond acceptors (Lipinski definition) is 2. The highest BCUT2D eigenvalue weighted by Gasteiger charge is 2.09. The molecule has 3 nitrogen and oxygen atoms in total. The van der Waals surface area contributed by atoms with Gasteiger partial charge in [0.05, 0.1) is 11.0 Å². The third-order valence-electron chi connectivity index (χ3n) is 3.32. The Morgan fingerprint density at radius 2 is 2.17 bits per heavy atom. The summed E-state index contributed by atoms with van der Waals surface area (Å²) in [6, 6.07) is 6.55. The van der Waals surface area contributed by atoms with Gasteiger partial charge in [0.15, 0.2) is 0 Å². The number of fused-ring (bicyclic) bond motifs is 1. The highest BCUT2D eigenvalue weighted by Crippen LogP contribution is 2.19. The molecular weight excluding hydrogens is 222 g/mol. The highest BCUT2D eigenvalue weighted by atomic mass is 15.1. The number of unbranched alkanes of at least 4 members (excludes halogenated alkanes) is 1. The topological polar surface area (TPSA) is 29.9 Å². The quantitative estimate of drug-likeness (QED) is 0.848. The van der Waals surface area contributed by atoms with Crippen LogP contribution < -0.4 is 5.32 Å². The standard InChI is InChI=1S/C15H23N3/c1-4-5-6-15-17-13-11-12(2)7-8-14(13)18(15)10-9-16-3/h7-8,11,16H,4-6,9-10H2,1-3H3. The molecule has 0 amide bonds. The number of nitrogens with zero attached hydrogens (tertiary/aromatic N) is 2. The van der Waals surface area contributed by atoms with E-state index in [9.17, 15) is 0 Å². The van der Waals surface area contributed by atoms with Crippen LogP contribution in [0.3, 0.4) is 0 Å². The zero-order valence-corrected chi connectivity index (χ0v) is 11.7. The first kappa shape index (κ1) is 13.1. The lowest BCUT2D eigenvalue weighted by molar-refractivity contribution is 0.615. The van der Waals surface area contributed by atoms with E-state index in [4.69, 9.17) is 4.98 Å². The normalized spacial score (nSPS) is 11.3. The zero-order chi connectivity index (χ0) is 13.0. The third kappa shape index (κ3) is 2.72. The lowest BCUT2D eigenvalue weighted by Crippen LogP contribution is -2.16. The molecule has 0 bridgehead atoms. The molecule has 0 saturated heterocycles. The molecule has 1 aromatic heterocycles. The summed E-state index contributed by atoms with van der Waals surface area (Å²) in [4.78, 5) is 4.80. The van der Waals surface area contributed by atoms with Gasteiger partial charge in [0, 0.05) is 19.5 Å². The van der Waals surface area contributed by atoms with E-state index in [-0.39, 0.29) is 0 Å². The smallest absolute Gasteiger partial charge is 0.109 e. The molecule has 0 aliphatic heterocycles. The fourth-order valence-corrected chi connectivity index (χ4v) is 2.29. The highest BCUT2D eigenvalue weighted by molar-refractivity contribution is 5.76. The van der Waals surface area contributed by atoms with Gasteiger partial charge in [0.1, 0.15) is 5.82 Å². The summed E-state index contributed by atoms with van der Waals surface area (Å²) in [7, 11) is 2.00. The second kappa shape index (κ2) is 6.01. The number of imidazole rings is 1. The number of aryl methyl sites for hydroxylation is 2. The average Bonchev–Trinajstić information content (AvgIpc) is 2.70. The molecule has 1 heterocycles. The molecule has 0 fully saturated rings. The van der Waals surface area contributed by atoms with Crippen molar-refractivity contribution in [3.05, 3.63) is 29.6 Å². The summed E-state index contributed by atoms with van der Waals surface area (Å²) < 4.78 is 2.36. The molecule has 0 aliphatic rings. The van der Waals surface area contributed by atoms with E-state index in [0.717, 1.165) is 25.0 Å². The van der Waals surface area contributed by atoms with Crippen LogP contribution in [-0.4, -0.2) is 23.1 Å². The first-order chi connectivity index (χ1) is 8.76. The number of nitrogens with one attached hydrogen (secondary N) is 1. The summed E-state index contributed by atoms with van der Waals surface area (Å²) in [6.45, 7) is 6.33. The van der Waals surface area contributed by atoms with E-state index in [1.165, 1.54) is 29.7 Å². The summed E-state index contributed by atoms with van der Waals surface area (Å²) in [5.74, 6) is 1.23. The molecule has 0 spiro atoms. The Morgan fingerprint density at radius 3 is 2.89 bits per heavy atom. The van der Waals surface area contributed by atoms with Gasteiger partial charge < -0.3 is 9.88 Å². The van der Waals surface area contributed by atoms with Gasteiger partial charge in [-0.15, -0.1) is 0 Å². The number of benzene rings is 1. The lowest BCUT2D eigenvalue weighted by atomic mass is 10.2. The van der Waals surface area contributed by atoms with Crippen LogP contribution in [-0.2, 0) is 13.0 Å². The van der Waals surface area contributed by atoms with Crippen molar-refractivity contribution in [2.75, 3.05) is 13.6 Å². The van der Waals surface area contributed by atoms with Crippen molar-refractivity contribution in [2.45, 2.75) is 39.7 Å². The first-order valence-corrected chi connectivity index (χ1v) is 6.86. The number of aromatic nitrogens is 2. The predicted molar refractivity (Wildman–Crippen MR) is 77.0 cm³/mol. The van der Waals surface area contributed by atoms with Crippen LogP contribution in [0.1, 0.15) is 31.2 Å². The molecule has 0 radical (unpaired) electrons. The molecule has 2 aromatic rings. The number of rotatable bonds is 6. The van der Waals surface area contributed by atoms with Gasteiger partial charge in [-0.05, 0) is 38.1 Å². The second-order valence-corrected chi connectivity index (χ2v) is 4.88. The Hall–Kier alpha value is -1.35. The summed E-state index contributed by atoms with van der Waals surface area (Å²) in [5, 5.41) is 3.22. The molecule has 1 N–H and O–H groups in total. The van der Waals surface area contributed by atoms with Crippen LogP contribution in [0, 0.1) is 6.92 Å². The molecule has 0 aliphatic carbocycles. The summed E-state index contributed by atoms with van der Waals surface area (Å²) in [6.07, 6.45) is 3.50. The maximum atomic E-state index is 4.80. The Balaban J connectivity index is 2.39. The number of likely N-dealkylation sites (N-methyl/N-ethyl adjacent to an activating group) is 1. The van der Waals surface area contributed by atoms with E-state index in [1.54, 1.807) is 0 Å². The van der Waals surface area contributed by atoms with Crippen molar-refractivity contribution in [1.29, 1.82) is 0 Å². The predicted octanol–water partition coefficient (Wildman–Crippen LogP) is 2.91. The minimum atomic E-state index is 0.985. The van der Waals surface area contributed by atoms with Crippen LogP contribution in [0.4, 0.5) is 0 Å². The SMILES string of the molecule is CCCCc1nc2cc(C)ccc2n1CCNC. The molecule has 0 atom stereocenters. The van der Waals surface area contributed by atoms with E-state index in [0.29, 0.717) is 0 Å². The molecule has 0 saturated carbocycles. The summed E-state index contributed by atoms with van der Waals surface area (Å²) in [5.41, 5.74) is 3.68. The second-order valence-electron chi connectivity index (χ2n) is 4.88. The van der Waals surface area contributed by atoms with Crippen LogP contribution in [0.25, 0.3) is 11.0 Å². The molecule has 0 unspecified atom stereocenters. The van der Waals surface area contributed by atoms with Crippen LogP contribution in [0.5, 0.6) is 0 Å². The van der Waals surface area contributed by atoms with Gasteiger partial charge in [-0.2, -0.15) is 0 Å². The third-order valence-corrected chi connectivity index (χ3v) is 3.32. The van der Waals surface area contributed by atoms with Gasteiger partial charge in [-0.3, -0.25) is 0 Å². The molecule has 2 rings (SSSR count). The molecular formula is C15H23N3. The number of hydrogen-bond donors (Lipinski definition) is 1. The largest absolute Gasteiger partial charge is 0.327 e. The fraction of sp³-hybridized carbons (Fsp3) is 0.533. The lowest BCUT2D eigenvalue weighted by Gasteiger charge is -2.08. The first-order valence-electron chi connectivity index (χ1n) is 6.86. The maximum Gasteiger partial charge on any atom is 0.109 e. The van der Waals surface area contributed by atoms with Gasteiger partial charge in [0.2, 0.25) is 0 Å². The molecule has 18 heavy (non-hydrogen) atoms. The van der Waals surface area contributed by atoms with Crippen molar-refractivity contribution in [2.24, 2.45) is 0 Å². The Labute approximate surface area is 109 Å². The minimum Gasteiger partial charge on any atom is -0.327 e. The zero-order valence-electron chi connectivity index (χ0n) is 11.7. The van der Waals surface area contributed by atoms with Crippen molar-refractivity contribution in [1.82, 2.24) is 14.9 Å². The Kier molecular flexibility index (Phi) is 4.37. The van der Waals surface area contributed by atoms with E-state index >= 15 is 0 Å². The van der Waals surface area contributed by atoms with Crippen molar-refractivity contribution in [3.63, 3.8) is 0 Å². The maximum absolute atomic E-state index is 4.80. The van der Waals surface area contributed by atoms with E-state index < -0.39 is 0 Å². The average molecular weight is 245 g/mol. The van der Waals surface area contributed by atoms with Crippen molar-refractivity contribution in [3.8, 4) is 0 Å². The van der Waals surface area contributed by atoms with Crippen LogP contribution in [0.2, 0.25) is 0 Å². The van der Waals surface area contributed by atoms with Crippen LogP contribution >= 0.6 is 0 Å². The molecule has 1 aromatic carbocycles. The van der Waals surface area contributed by atoms with Crippen LogP contribution in [0.15, 0.2) is 18.2 Å². The Bertz CT molecular complexity index is 514. The summed E-state index contributed by atoms with van der Waals surface area (Å²) >= 11 is 0.